The molecule has 1 aromatic carbocycles. The summed E-state index contributed by atoms with van der Waals surface area (Å²) in [6.45, 7) is 2.10. The third kappa shape index (κ3) is 2.37. The lowest BCUT2D eigenvalue weighted by molar-refractivity contribution is -0.130. The summed E-state index contributed by atoms with van der Waals surface area (Å²) in [4.78, 5) is 10.9. The Morgan fingerprint density at radius 2 is 2.04 bits per heavy atom. The number of phenols is 1. The van der Waals surface area contributed by atoms with E-state index in [4.69, 9.17) is 5.11 Å². The first-order chi connectivity index (χ1) is 11.8. The summed E-state index contributed by atoms with van der Waals surface area (Å²) >= 11 is 0. The van der Waals surface area contributed by atoms with E-state index in [0.29, 0.717) is 29.9 Å². The van der Waals surface area contributed by atoms with E-state index in [2.05, 4.69) is 24.8 Å². The van der Waals surface area contributed by atoms with Gasteiger partial charge in [0.25, 0.3) is 0 Å². The van der Waals surface area contributed by atoms with Crippen molar-refractivity contribution < 1.29 is 20.1 Å². The van der Waals surface area contributed by atoms with Crippen molar-refractivity contribution in [1.29, 1.82) is 0 Å². The zero-order valence-electron chi connectivity index (χ0n) is 14.5. The summed E-state index contributed by atoms with van der Waals surface area (Å²) in [7, 11) is 0. The molecule has 0 spiro atoms. The molecule has 0 aromatic heterocycles. The number of aliphatic hydroxyl groups is 1. The molecule has 25 heavy (non-hydrogen) atoms. The highest BCUT2D eigenvalue weighted by Gasteiger charge is 2.61. The van der Waals surface area contributed by atoms with Crippen LogP contribution in [0.3, 0.4) is 0 Å². The number of fused-ring (bicyclic) bond motifs is 5. The molecule has 0 aliphatic heterocycles. The molecule has 3 N–H and O–H groups in total. The Hall–Kier alpha value is -1.99. The first kappa shape index (κ1) is 16.5. The highest BCUT2D eigenvalue weighted by molar-refractivity contribution is 5.86. The number of aromatic hydroxyl groups is 1. The lowest BCUT2D eigenvalue weighted by Crippen LogP contribution is -2.50. The predicted octanol–water partition coefficient (Wildman–Crippen LogP) is 3.07. The molecule has 132 valence electrons. The van der Waals surface area contributed by atoms with Crippen molar-refractivity contribution in [2.45, 2.75) is 57.0 Å². The molecule has 0 saturated heterocycles. The molecule has 3 aliphatic carbocycles. The Balaban J connectivity index is 1.68. The molecule has 2 fully saturated rings. The van der Waals surface area contributed by atoms with Crippen LogP contribution in [0.2, 0.25) is 0 Å². The molecular weight excluding hydrogens is 316 g/mol. The van der Waals surface area contributed by atoms with Crippen molar-refractivity contribution in [3.05, 3.63) is 29.3 Å². The van der Waals surface area contributed by atoms with E-state index >= 15 is 0 Å². The summed E-state index contributed by atoms with van der Waals surface area (Å²) in [6.07, 6.45) is 5.30. The number of aliphatic carboxylic acids is 1. The second-order valence-electron chi connectivity index (χ2n) is 8.21. The minimum absolute atomic E-state index is 0.331. The zero-order valence-corrected chi connectivity index (χ0v) is 14.5. The number of aryl methyl sites for hydroxylation is 1. The van der Waals surface area contributed by atoms with E-state index in [1.165, 1.54) is 11.1 Å². The molecule has 0 heterocycles. The first-order valence-electron chi connectivity index (χ1n) is 9.14. The fourth-order valence-corrected chi connectivity index (χ4v) is 5.95. The van der Waals surface area contributed by atoms with Crippen molar-refractivity contribution in [2.24, 2.45) is 17.3 Å². The lowest BCUT2D eigenvalue weighted by atomic mass is 9.53. The van der Waals surface area contributed by atoms with Crippen LogP contribution in [-0.2, 0) is 11.2 Å². The molecule has 4 nitrogen and oxygen atoms in total. The number of phenolic OH excluding ortho intramolecular Hbond substituents is 1. The van der Waals surface area contributed by atoms with Crippen molar-refractivity contribution in [2.75, 3.05) is 0 Å². The molecule has 1 aromatic rings. The quantitative estimate of drug-likeness (QED) is 0.634. The van der Waals surface area contributed by atoms with Crippen LogP contribution < -0.4 is 0 Å². The second kappa shape index (κ2) is 5.51. The van der Waals surface area contributed by atoms with Gasteiger partial charge in [0.05, 0.1) is 0 Å². The molecule has 2 saturated carbocycles. The molecule has 4 rings (SSSR count). The molecular formula is C21H24O4. The van der Waals surface area contributed by atoms with Crippen LogP contribution in [0.5, 0.6) is 5.75 Å². The zero-order chi connectivity index (χ0) is 17.8. The van der Waals surface area contributed by atoms with Gasteiger partial charge < -0.3 is 15.3 Å². The van der Waals surface area contributed by atoms with Gasteiger partial charge in [-0.25, -0.2) is 4.79 Å². The van der Waals surface area contributed by atoms with E-state index in [1.807, 2.05) is 6.07 Å². The summed E-state index contributed by atoms with van der Waals surface area (Å²) in [5, 5.41) is 29.8. The number of hydrogen-bond donors (Lipinski definition) is 3. The van der Waals surface area contributed by atoms with E-state index in [9.17, 15) is 15.0 Å². The summed E-state index contributed by atoms with van der Waals surface area (Å²) in [5.41, 5.74) is 1.06. The van der Waals surface area contributed by atoms with Gasteiger partial charge in [-0.15, -0.1) is 0 Å². The van der Waals surface area contributed by atoms with Gasteiger partial charge in [0.2, 0.25) is 0 Å². The molecule has 0 radical (unpaired) electrons. The fourth-order valence-electron chi connectivity index (χ4n) is 5.95. The number of hydrogen-bond acceptors (Lipinski definition) is 3. The molecule has 4 heteroatoms. The van der Waals surface area contributed by atoms with Gasteiger partial charge in [0.15, 0.2) is 0 Å². The minimum atomic E-state index is -1.20. The molecule has 0 amide bonds. The van der Waals surface area contributed by atoms with E-state index in [0.717, 1.165) is 32.1 Å². The average molecular weight is 340 g/mol. The van der Waals surface area contributed by atoms with Crippen LogP contribution in [0.1, 0.15) is 56.1 Å². The van der Waals surface area contributed by atoms with Crippen LogP contribution in [0.25, 0.3) is 0 Å². The average Bonchev–Trinajstić information content (AvgIpc) is 2.84. The van der Waals surface area contributed by atoms with Crippen molar-refractivity contribution in [3.8, 4) is 17.6 Å². The minimum Gasteiger partial charge on any atom is -0.508 e. The number of carboxylic acids is 1. The predicted molar refractivity (Wildman–Crippen MR) is 93.1 cm³/mol. The Morgan fingerprint density at radius 1 is 1.24 bits per heavy atom. The summed E-state index contributed by atoms with van der Waals surface area (Å²) < 4.78 is 0. The highest BCUT2D eigenvalue weighted by atomic mass is 16.4. The van der Waals surface area contributed by atoms with Crippen LogP contribution >= 0.6 is 0 Å². The highest BCUT2D eigenvalue weighted by Crippen LogP contribution is 2.64. The SMILES string of the molecule is C[C@]12CC[C@@H]3c4ccc(O)cc4CC[C@H]3[C@@H]1CC[C@@]2(O)C#CC(=O)O. The Bertz CT molecular complexity index is 789. The first-order valence-corrected chi connectivity index (χ1v) is 9.14. The maximum absolute atomic E-state index is 11.1. The maximum atomic E-state index is 11.1. The monoisotopic (exact) mass is 340 g/mol. The summed E-state index contributed by atoms with van der Waals surface area (Å²) in [6, 6.07) is 5.73. The van der Waals surface area contributed by atoms with Gasteiger partial charge in [-0.3, -0.25) is 0 Å². The number of benzene rings is 1. The maximum Gasteiger partial charge on any atom is 0.382 e. The lowest BCUT2D eigenvalue weighted by Gasteiger charge is -2.52. The van der Waals surface area contributed by atoms with Crippen molar-refractivity contribution in [3.63, 3.8) is 0 Å². The Kier molecular flexibility index (Phi) is 3.63. The normalized spacial score (nSPS) is 38.7. The van der Waals surface area contributed by atoms with Gasteiger partial charge in [-0.05, 0) is 79.5 Å². The fraction of sp³-hybridized carbons (Fsp3) is 0.571. The Labute approximate surface area is 147 Å². The largest absolute Gasteiger partial charge is 0.508 e. The van der Waals surface area contributed by atoms with Gasteiger partial charge >= 0.3 is 5.97 Å². The second-order valence-corrected chi connectivity index (χ2v) is 8.21. The standard InChI is InChI=1S/C21H24O4/c1-20-9-6-16-15-5-3-14(22)12-13(15)2-4-17(16)18(20)7-10-21(20,25)11-8-19(23)24/h3,5,12,16-18,22,25H,2,4,6-7,9-10H2,1H3,(H,23,24)/t16-,17-,18+,20+,21-/m1/s1. The smallest absolute Gasteiger partial charge is 0.382 e. The van der Waals surface area contributed by atoms with E-state index < -0.39 is 11.6 Å². The van der Waals surface area contributed by atoms with Gasteiger partial charge in [-0.2, -0.15) is 0 Å². The van der Waals surface area contributed by atoms with Gasteiger partial charge in [-0.1, -0.05) is 18.9 Å². The molecule has 3 aliphatic rings. The number of carboxylic acid groups (broad SMARTS) is 1. The van der Waals surface area contributed by atoms with Crippen molar-refractivity contribution >= 4 is 5.97 Å². The third-order valence-corrected chi connectivity index (χ3v) is 7.24. The van der Waals surface area contributed by atoms with Crippen LogP contribution in [-0.4, -0.2) is 26.9 Å². The van der Waals surface area contributed by atoms with Gasteiger partial charge in [0.1, 0.15) is 11.4 Å². The van der Waals surface area contributed by atoms with E-state index in [-0.39, 0.29) is 5.41 Å². The van der Waals surface area contributed by atoms with Crippen LogP contribution in [0.4, 0.5) is 0 Å². The molecule has 5 atom stereocenters. The van der Waals surface area contributed by atoms with E-state index in [1.54, 1.807) is 6.07 Å². The summed E-state index contributed by atoms with van der Waals surface area (Å²) in [5.74, 6) is 5.34. The Morgan fingerprint density at radius 3 is 2.80 bits per heavy atom. The number of rotatable bonds is 0. The van der Waals surface area contributed by atoms with Gasteiger partial charge in [0, 0.05) is 11.3 Å². The number of carbonyl (C=O) groups is 1. The van der Waals surface area contributed by atoms with Crippen molar-refractivity contribution in [1.82, 2.24) is 0 Å². The third-order valence-electron chi connectivity index (χ3n) is 7.24. The van der Waals surface area contributed by atoms with Crippen LogP contribution in [0, 0.1) is 29.1 Å². The van der Waals surface area contributed by atoms with Crippen LogP contribution in [0.15, 0.2) is 18.2 Å². The molecule has 0 bridgehead atoms. The molecule has 0 unspecified atom stereocenters. The topological polar surface area (TPSA) is 77.8 Å².